The molecule has 0 aliphatic carbocycles. The SMILES string of the molecule is CN(CCCC(C)(C)C(N)=S)CC1CCCOC1. The zero-order valence-corrected chi connectivity index (χ0v) is 12.9. The van der Waals surface area contributed by atoms with Gasteiger partial charge >= 0.3 is 0 Å². The molecule has 0 radical (unpaired) electrons. The molecular weight excluding hydrogens is 244 g/mol. The summed E-state index contributed by atoms with van der Waals surface area (Å²) in [6.45, 7) is 8.40. The van der Waals surface area contributed by atoms with Crippen LogP contribution in [-0.2, 0) is 4.74 Å². The van der Waals surface area contributed by atoms with E-state index >= 15 is 0 Å². The predicted octanol–water partition coefficient (Wildman–Crippen LogP) is 2.44. The number of hydrogen-bond donors (Lipinski definition) is 1. The molecule has 1 atom stereocenters. The Labute approximate surface area is 117 Å². The van der Waals surface area contributed by atoms with E-state index in [0.29, 0.717) is 10.9 Å². The first kappa shape index (κ1) is 15.9. The summed E-state index contributed by atoms with van der Waals surface area (Å²) in [6, 6.07) is 0. The molecule has 0 aromatic carbocycles. The fraction of sp³-hybridized carbons (Fsp3) is 0.929. The highest BCUT2D eigenvalue weighted by Gasteiger charge is 2.21. The van der Waals surface area contributed by atoms with Crippen molar-refractivity contribution < 1.29 is 4.74 Å². The number of ether oxygens (including phenoxy) is 1. The molecule has 1 aliphatic heterocycles. The number of rotatable bonds is 7. The van der Waals surface area contributed by atoms with Gasteiger partial charge < -0.3 is 15.4 Å². The van der Waals surface area contributed by atoms with Crippen molar-refractivity contribution in [1.82, 2.24) is 4.90 Å². The van der Waals surface area contributed by atoms with Gasteiger partial charge in [-0.15, -0.1) is 0 Å². The van der Waals surface area contributed by atoms with Gasteiger partial charge in [-0.2, -0.15) is 0 Å². The van der Waals surface area contributed by atoms with Gasteiger partial charge in [0.25, 0.3) is 0 Å². The monoisotopic (exact) mass is 272 g/mol. The molecule has 0 bridgehead atoms. The fourth-order valence-electron chi connectivity index (χ4n) is 2.40. The van der Waals surface area contributed by atoms with Gasteiger partial charge in [-0.05, 0) is 45.2 Å². The first-order chi connectivity index (χ1) is 8.42. The average molecular weight is 272 g/mol. The van der Waals surface area contributed by atoms with Crippen LogP contribution in [0.5, 0.6) is 0 Å². The van der Waals surface area contributed by atoms with Crippen LogP contribution in [0.15, 0.2) is 0 Å². The molecule has 1 aliphatic rings. The van der Waals surface area contributed by atoms with Crippen LogP contribution in [0, 0.1) is 11.3 Å². The Morgan fingerprint density at radius 2 is 2.22 bits per heavy atom. The van der Waals surface area contributed by atoms with Crippen molar-refractivity contribution in [2.45, 2.75) is 39.5 Å². The van der Waals surface area contributed by atoms with Gasteiger partial charge in [-0.25, -0.2) is 0 Å². The zero-order valence-electron chi connectivity index (χ0n) is 12.1. The van der Waals surface area contributed by atoms with E-state index in [4.69, 9.17) is 22.7 Å². The third-order valence-corrected chi connectivity index (χ3v) is 4.39. The molecule has 2 N–H and O–H groups in total. The smallest absolute Gasteiger partial charge is 0.0784 e. The molecule has 1 fully saturated rings. The second kappa shape index (κ2) is 7.41. The predicted molar refractivity (Wildman–Crippen MR) is 80.8 cm³/mol. The fourth-order valence-corrected chi connectivity index (χ4v) is 2.50. The Hall–Kier alpha value is -0.190. The third-order valence-electron chi connectivity index (χ3n) is 3.83. The molecule has 4 heteroatoms. The lowest BCUT2D eigenvalue weighted by Gasteiger charge is -2.28. The number of nitrogens with two attached hydrogens (primary N) is 1. The standard InChI is InChI=1S/C14H28N2OS/c1-14(2,13(15)18)7-5-8-16(3)10-12-6-4-9-17-11-12/h12H,4-11H2,1-3H3,(H2,15,18). The molecular formula is C14H28N2OS. The highest BCUT2D eigenvalue weighted by Crippen LogP contribution is 2.23. The molecule has 106 valence electrons. The first-order valence-corrected chi connectivity index (χ1v) is 7.39. The molecule has 0 aromatic rings. The van der Waals surface area contributed by atoms with Crippen molar-refractivity contribution in [2.24, 2.45) is 17.1 Å². The Bertz CT molecular complexity index is 263. The second-order valence-corrected chi connectivity index (χ2v) is 6.64. The maximum Gasteiger partial charge on any atom is 0.0784 e. The highest BCUT2D eigenvalue weighted by molar-refractivity contribution is 7.80. The van der Waals surface area contributed by atoms with Crippen molar-refractivity contribution in [2.75, 3.05) is 33.4 Å². The van der Waals surface area contributed by atoms with Crippen molar-refractivity contribution in [3.05, 3.63) is 0 Å². The van der Waals surface area contributed by atoms with Crippen LogP contribution >= 0.6 is 12.2 Å². The minimum atomic E-state index is -0.00980. The lowest BCUT2D eigenvalue weighted by molar-refractivity contribution is 0.0417. The molecule has 18 heavy (non-hydrogen) atoms. The molecule has 1 heterocycles. The van der Waals surface area contributed by atoms with Crippen LogP contribution in [0.2, 0.25) is 0 Å². The molecule has 0 saturated carbocycles. The third kappa shape index (κ3) is 5.63. The van der Waals surface area contributed by atoms with Crippen molar-refractivity contribution in [3.63, 3.8) is 0 Å². The van der Waals surface area contributed by atoms with Gasteiger partial charge in [0.15, 0.2) is 0 Å². The van der Waals surface area contributed by atoms with Gasteiger partial charge in [0.2, 0.25) is 0 Å². The Morgan fingerprint density at radius 3 is 2.78 bits per heavy atom. The summed E-state index contributed by atoms with van der Waals surface area (Å²) < 4.78 is 5.51. The van der Waals surface area contributed by atoms with E-state index < -0.39 is 0 Å². The lowest BCUT2D eigenvalue weighted by atomic mass is 9.88. The van der Waals surface area contributed by atoms with Gasteiger partial charge in [-0.1, -0.05) is 26.1 Å². The van der Waals surface area contributed by atoms with E-state index in [1.54, 1.807) is 0 Å². The quantitative estimate of drug-likeness (QED) is 0.723. The van der Waals surface area contributed by atoms with Crippen molar-refractivity contribution in [1.29, 1.82) is 0 Å². The van der Waals surface area contributed by atoms with Crippen molar-refractivity contribution >= 4 is 17.2 Å². The summed E-state index contributed by atoms with van der Waals surface area (Å²) in [5, 5.41) is 0. The van der Waals surface area contributed by atoms with Crippen LogP contribution in [0.1, 0.15) is 39.5 Å². The topological polar surface area (TPSA) is 38.5 Å². The minimum Gasteiger partial charge on any atom is -0.393 e. The van der Waals surface area contributed by atoms with E-state index in [9.17, 15) is 0 Å². The molecule has 1 rings (SSSR count). The zero-order chi connectivity index (χ0) is 13.6. The highest BCUT2D eigenvalue weighted by atomic mass is 32.1. The van der Waals surface area contributed by atoms with Crippen LogP contribution in [0.25, 0.3) is 0 Å². The molecule has 0 aromatic heterocycles. The first-order valence-electron chi connectivity index (χ1n) is 6.98. The van der Waals surface area contributed by atoms with E-state index in [0.717, 1.165) is 39.1 Å². The molecule has 3 nitrogen and oxygen atoms in total. The number of hydrogen-bond acceptors (Lipinski definition) is 3. The van der Waals surface area contributed by atoms with E-state index in [1.165, 1.54) is 12.8 Å². The van der Waals surface area contributed by atoms with Crippen LogP contribution in [0.3, 0.4) is 0 Å². The molecule has 0 spiro atoms. The maximum absolute atomic E-state index is 5.74. The molecule has 1 saturated heterocycles. The normalized spacial score (nSPS) is 21.2. The van der Waals surface area contributed by atoms with E-state index in [2.05, 4.69) is 25.8 Å². The van der Waals surface area contributed by atoms with Crippen LogP contribution < -0.4 is 5.73 Å². The van der Waals surface area contributed by atoms with Crippen LogP contribution in [-0.4, -0.2) is 43.2 Å². The van der Waals surface area contributed by atoms with Gasteiger partial charge in [0.1, 0.15) is 0 Å². The Kier molecular flexibility index (Phi) is 6.53. The summed E-state index contributed by atoms with van der Waals surface area (Å²) in [5.74, 6) is 0.715. The summed E-state index contributed by atoms with van der Waals surface area (Å²) in [4.78, 5) is 3.04. The van der Waals surface area contributed by atoms with Gasteiger partial charge in [0, 0.05) is 18.6 Å². The molecule has 1 unspecified atom stereocenters. The lowest BCUT2D eigenvalue weighted by Crippen LogP contribution is -2.33. The van der Waals surface area contributed by atoms with E-state index in [1.807, 2.05) is 0 Å². The summed E-state index contributed by atoms with van der Waals surface area (Å²) in [5.41, 5.74) is 5.73. The second-order valence-electron chi connectivity index (χ2n) is 6.20. The number of nitrogens with zero attached hydrogens (tertiary/aromatic N) is 1. The Balaban J connectivity index is 2.16. The number of thiocarbonyl (C=S) groups is 1. The minimum absolute atomic E-state index is 0.00980. The Morgan fingerprint density at radius 1 is 1.50 bits per heavy atom. The van der Waals surface area contributed by atoms with E-state index in [-0.39, 0.29) is 5.41 Å². The average Bonchev–Trinajstić information content (AvgIpc) is 2.29. The summed E-state index contributed by atoms with van der Waals surface area (Å²) in [6.07, 6.45) is 4.73. The van der Waals surface area contributed by atoms with Crippen molar-refractivity contribution in [3.8, 4) is 0 Å². The molecule has 0 amide bonds. The largest absolute Gasteiger partial charge is 0.393 e. The summed E-state index contributed by atoms with van der Waals surface area (Å²) in [7, 11) is 2.20. The maximum atomic E-state index is 5.74. The van der Waals surface area contributed by atoms with Gasteiger partial charge in [0.05, 0.1) is 11.6 Å². The van der Waals surface area contributed by atoms with Gasteiger partial charge in [-0.3, -0.25) is 0 Å². The van der Waals surface area contributed by atoms with Crippen LogP contribution in [0.4, 0.5) is 0 Å². The summed E-state index contributed by atoms with van der Waals surface area (Å²) >= 11 is 5.09.